The second-order valence-electron chi connectivity index (χ2n) is 10.7. The topological polar surface area (TPSA) is 36.9 Å². The van der Waals surface area contributed by atoms with Gasteiger partial charge in [0.2, 0.25) is 0 Å². The molecule has 0 rings (SSSR count). The third kappa shape index (κ3) is 12.1. The van der Waals surface area contributed by atoms with Gasteiger partial charge in [-0.3, -0.25) is 0 Å². The maximum atomic E-state index is 7.13. The van der Waals surface area contributed by atoms with Crippen molar-refractivity contribution in [3.05, 3.63) is 0 Å². The molecule has 0 unspecified atom stereocenters. The van der Waals surface area contributed by atoms with Gasteiger partial charge in [0.25, 0.3) is 0 Å². The van der Waals surface area contributed by atoms with Crippen molar-refractivity contribution < 1.29 is 31.1 Å². The predicted molar refractivity (Wildman–Crippen MR) is 115 cm³/mol. The average Bonchev–Trinajstić information content (AvgIpc) is 2.31. The van der Waals surface area contributed by atoms with Crippen LogP contribution in [0.3, 0.4) is 0 Å². The van der Waals surface area contributed by atoms with Gasteiger partial charge < -0.3 is 0 Å². The summed E-state index contributed by atoms with van der Waals surface area (Å²) in [6.07, 6.45) is 3.39. The summed E-state index contributed by atoms with van der Waals surface area (Å²) in [6.45, 7) is 25.4. The molecule has 6 heteroatoms. The van der Waals surface area contributed by atoms with Gasteiger partial charge in [-0.2, -0.15) is 0 Å². The third-order valence-corrected chi connectivity index (χ3v) is 15.9. The van der Waals surface area contributed by atoms with E-state index in [-0.39, 0.29) is 16.8 Å². The molecule has 0 fully saturated rings. The Morgan fingerprint density at radius 2 is 0.815 bits per heavy atom. The molecule has 4 nitrogen and oxygen atoms in total. The molecule has 0 aliphatic carbocycles. The molecule has 0 aromatic carbocycles. The maximum absolute atomic E-state index is 7.13. The molecule has 0 aromatic heterocycles. The standard InChI is InChI=1S/C9H21OSi.3C4H9O.Ti/c1-4-7-11(10,8-5-2)9-6-3;3*1-4(2,3)5;/h4-9H2,1-3H3;3*1-3H3;/q4*-1;+4. The van der Waals surface area contributed by atoms with Crippen LogP contribution >= 0.6 is 0 Å². The molecule has 0 saturated carbocycles. The first-order chi connectivity index (χ1) is 12.0. The molecule has 164 valence electrons. The van der Waals surface area contributed by atoms with E-state index in [2.05, 4.69) is 83.1 Å². The third-order valence-electron chi connectivity index (χ3n) is 3.75. The fourth-order valence-corrected chi connectivity index (χ4v) is 16.1. The van der Waals surface area contributed by atoms with Gasteiger partial charge in [0, 0.05) is 0 Å². The summed E-state index contributed by atoms with van der Waals surface area (Å²) in [5, 5.41) is 0. The second kappa shape index (κ2) is 10.7. The molecule has 27 heavy (non-hydrogen) atoms. The van der Waals surface area contributed by atoms with Crippen molar-refractivity contribution in [2.75, 3.05) is 0 Å². The second-order valence-corrected chi connectivity index (χ2v) is 18.2. The summed E-state index contributed by atoms with van der Waals surface area (Å²) in [4.78, 5) is 0. The SMILES string of the molecule is CCC[Si](CCC)(CCC)[O][Ti]([O]C(C)(C)C)([O]C(C)(C)C)[O]C(C)(C)C. The average molecular weight is 441 g/mol. The van der Waals surface area contributed by atoms with Gasteiger partial charge in [-0.1, -0.05) is 0 Å². The minimum atomic E-state index is -4.05. The number of rotatable bonds is 11. The van der Waals surface area contributed by atoms with Gasteiger partial charge in [-0.05, 0) is 0 Å². The van der Waals surface area contributed by atoms with Crippen LogP contribution in [0.2, 0.25) is 18.1 Å². The summed E-state index contributed by atoms with van der Waals surface area (Å²) in [7, 11) is -2.02. The molecule has 0 bridgehead atoms. The quantitative estimate of drug-likeness (QED) is 0.313. The van der Waals surface area contributed by atoms with Crippen molar-refractivity contribution in [1.29, 1.82) is 0 Å². The van der Waals surface area contributed by atoms with Crippen LogP contribution in [0, 0.1) is 0 Å². The van der Waals surface area contributed by atoms with E-state index in [1.807, 2.05) is 0 Å². The zero-order valence-electron chi connectivity index (χ0n) is 20.4. The van der Waals surface area contributed by atoms with Gasteiger partial charge in [0.1, 0.15) is 0 Å². The predicted octanol–water partition coefficient (Wildman–Crippen LogP) is 7.44. The van der Waals surface area contributed by atoms with Crippen LogP contribution in [-0.4, -0.2) is 25.1 Å². The Bertz CT molecular complexity index is 364. The van der Waals surface area contributed by atoms with Crippen LogP contribution in [0.4, 0.5) is 0 Å². The molecule has 0 heterocycles. The van der Waals surface area contributed by atoms with Crippen molar-refractivity contribution in [3.63, 3.8) is 0 Å². The normalized spacial score (nSPS) is 14.7. The minimum absolute atomic E-state index is 0.388. The fraction of sp³-hybridized carbons (Fsp3) is 1.00. The van der Waals surface area contributed by atoms with Crippen molar-refractivity contribution in [2.45, 2.75) is 137 Å². The molecule has 0 spiro atoms. The van der Waals surface area contributed by atoms with Crippen LogP contribution in [-0.2, 0) is 31.1 Å². The van der Waals surface area contributed by atoms with Gasteiger partial charge in [-0.15, -0.1) is 0 Å². The first kappa shape index (κ1) is 27.8. The molecule has 0 amide bonds. The van der Waals surface area contributed by atoms with Crippen molar-refractivity contribution in [3.8, 4) is 0 Å². The van der Waals surface area contributed by atoms with Crippen LogP contribution in [0.15, 0.2) is 0 Å². The summed E-state index contributed by atoms with van der Waals surface area (Å²) < 4.78 is 27.0. The Balaban J connectivity index is 6.27. The van der Waals surface area contributed by atoms with Crippen LogP contribution in [0.5, 0.6) is 0 Å². The molecule has 0 N–H and O–H groups in total. The summed E-state index contributed by atoms with van der Waals surface area (Å²) >= 11 is -4.05. The van der Waals surface area contributed by atoms with E-state index in [0.717, 1.165) is 37.4 Å². The van der Waals surface area contributed by atoms with Gasteiger partial charge in [0.15, 0.2) is 0 Å². The zero-order valence-corrected chi connectivity index (χ0v) is 22.9. The van der Waals surface area contributed by atoms with Crippen molar-refractivity contribution in [1.82, 2.24) is 0 Å². The molecule has 0 radical (unpaired) electrons. The van der Waals surface area contributed by atoms with E-state index >= 15 is 0 Å². The Morgan fingerprint density at radius 1 is 0.556 bits per heavy atom. The first-order valence-corrected chi connectivity index (χ1v) is 15.9. The Hall–Kier alpha value is 0.771. The summed E-state index contributed by atoms with van der Waals surface area (Å²) in [6, 6.07) is 3.41. The Kier molecular flexibility index (Phi) is 11.0. The van der Waals surface area contributed by atoms with E-state index < -0.39 is 26.5 Å². The molecule has 0 atom stereocenters. The van der Waals surface area contributed by atoms with Crippen LogP contribution < -0.4 is 0 Å². The number of hydrogen-bond donors (Lipinski definition) is 0. The molecule has 0 saturated heterocycles. The van der Waals surface area contributed by atoms with E-state index in [1.165, 1.54) is 0 Å². The van der Waals surface area contributed by atoms with E-state index in [1.54, 1.807) is 0 Å². The fourth-order valence-electron chi connectivity index (χ4n) is 3.41. The van der Waals surface area contributed by atoms with Crippen molar-refractivity contribution in [2.24, 2.45) is 0 Å². The van der Waals surface area contributed by atoms with E-state index in [9.17, 15) is 0 Å². The van der Waals surface area contributed by atoms with Gasteiger partial charge in [0.05, 0.1) is 0 Å². The number of hydrogen-bond acceptors (Lipinski definition) is 4. The van der Waals surface area contributed by atoms with Gasteiger partial charge >= 0.3 is 177 Å². The van der Waals surface area contributed by atoms with Crippen LogP contribution in [0.25, 0.3) is 0 Å². The van der Waals surface area contributed by atoms with Crippen LogP contribution in [0.1, 0.15) is 102 Å². The van der Waals surface area contributed by atoms with Gasteiger partial charge in [-0.25, -0.2) is 0 Å². The van der Waals surface area contributed by atoms with E-state index in [4.69, 9.17) is 13.0 Å². The summed E-state index contributed by atoms with van der Waals surface area (Å²) in [5.74, 6) is 0. The Labute approximate surface area is 176 Å². The zero-order chi connectivity index (χ0) is 21.6. The molecule has 0 aliphatic rings. The van der Waals surface area contributed by atoms with Crippen molar-refractivity contribution >= 4 is 8.32 Å². The molecule has 0 aromatic rings. The first-order valence-electron chi connectivity index (χ1n) is 10.8. The molecular formula is C21H48O4SiTi. The monoisotopic (exact) mass is 440 g/mol. The molecular weight excluding hydrogens is 392 g/mol. The van der Waals surface area contributed by atoms with E-state index in [0.29, 0.717) is 0 Å². The summed E-state index contributed by atoms with van der Waals surface area (Å²) in [5.41, 5.74) is -1.16. The molecule has 0 aliphatic heterocycles. The Morgan fingerprint density at radius 3 is 1.00 bits per heavy atom.